The Labute approximate surface area is 165 Å². The van der Waals surface area contributed by atoms with Crippen LogP contribution in [0.4, 0.5) is 5.82 Å². The standard InChI is InChI=1S/C21H29N5O2/c1-13(2)19(22)21(28)23-12-18(27)25-20-14(3)11-24-26(20)17-10-6-8-15-7-4-5-9-16(15)17/h4-5,7,9,11,13,17,19H,6,8,10,12,22H2,1-3H3,(H,23,28)(H,25,27)/t17?,19-/m0/s1. The summed E-state index contributed by atoms with van der Waals surface area (Å²) in [7, 11) is 0. The predicted octanol–water partition coefficient (Wildman–Crippen LogP) is 2.16. The minimum Gasteiger partial charge on any atom is -0.346 e. The van der Waals surface area contributed by atoms with Crippen LogP contribution in [0.5, 0.6) is 0 Å². The van der Waals surface area contributed by atoms with Crippen LogP contribution in [-0.2, 0) is 16.0 Å². The average molecular weight is 383 g/mol. The first-order chi connectivity index (χ1) is 13.4. The first kappa shape index (κ1) is 20.1. The summed E-state index contributed by atoms with van der Waals surface area (Å²) >= 11 is 0. The van der Waals surface area contributed by atoms with Crippen LogP contribution in [-0.4, -0.2) is 34.2 Å². The number of nitrogens with zero attached hydrogens (tertiary/aromatic N) is 2. The molecule has 1 aromatic heterocycles. The zero-order valence-corrected chi connectivity index (χ0v) is 16.7. The number of aromatic nitrogens is 2. The number of hydrogen-bond acceptors (Lipinski definition) is 4. The number of carbonyl (C=O) groups excluding carboxylic acids is 2. The number of aryl methyl sites for hydroxylation is 2. The first-order valence-electron chi connectivity index (χ1n) is 9.83. The van der Waals surface area contributed by atoms with Gasteiger partial charge in [-0.3, -0.25) is 9.59 Å². The van der Waals surface area contributed by atoms with Crippen molar-refractivity contribution >= 4 is 17.6 Å². The van der Waals surface area contributed by atoms with Gasteiger partial charge in [0.2, 0.25) is 11.8 Å². The van der Waals surface area contributed by atoms with Crippen molar-refractivity contribution in [3.63, 3.8) is 0 Å². The Balaban J connectivity index is 1.72. The van der Waals surface area contributed by atoms with Crippen molar-refractivity contribution in [2.45, 2.75) is 52.1 Å². The lowest BCUT2D eigenvalue weighted by Gasteiger charge is -2.27. The second kappa shape index (κ2) is 8.56. The topological polar surface area (TPSA) is 102 Å². The Hall–Kier alpha value is -2.67. The lowest BCUT2D eigenvalue weighted by molar-refractivity contribution is -0.125. The van der Waals surface area contributed by atoms with Crippen molar-refractivity contribution in [1.29, 1.82) is 0 Å². The highest BCUT2D eigenvalue weighted by Gasteiger charge is 2.25. The first-order valence-corrected chi connectivity index (χ1v) is 9.83. The van der Waals surface area contributed by atoms with E-state index in [9.17, 15) is 9.59 Å². The number of nitrogens with one attached hydrogen (secondary N) is 2. The van der Waals surface area contributed by atoms with E-state index in [4.69, 9.17) is 5.73 Å². The number of nitrogens with two attached hydrogens (primary N) is 1. The van der Waals surface area contributed by atoms with E-state index in [1.807, 2.05) is 31.5 Å². The quantitative estimate of drug-likeness (QED) is 0.711. The normalized spacial score (nSPS) is 17.1. The third-order valence-corrected chi connectivity index (χ3v) is 5.31. The van der Waals surface area contributed by atoms with Crippen molar-refractivity contribution in [3.05, 3.63) is 47.2 Å². The number of carbonyl (C=O) groups is 2. The second-order valence-electron chi connectivity index (χ2n) is 7.76. The number of amides is 2. The molecule has 0 spiro atoms. The zero-order valence-electron chi connectivity index (χ0n) is 16.7. The molecule has 28 heavy (non-hydrogen) atoms. The molecule has 0 saturated carbocycles. The van der Waals surface area contributed by atoms with E-state index in [1.165, 1.54) is 11.1 Å². The Kier molecular flexibility index (Phi) is 6.14. The predicted molar refractivity (Wildman–Crippen MR) is 109 cm³/mol. The molecule has 2 aromatic rings. The number of benzene rings is 1. The van der Waals surface area contributed by atoms with Crippen LogP contribution >= 0.6 is 0 Å². The van der Waals surface area contributed by atoms with Crippen molar-refractivity contribution in [2.75, 3.05) is 11.9 Å². The molecule has 3 rings (SSSR count). The van der Waals surface area contributed by atoms with E-state index in [0.29, 0.717) is 5.82 Å². The van der Waals surface area contributed by atoms with Gasteiger partial charge in [0, 0.05) is 5.56 Å². The SMILES string of the molecule is Cc1cnn(C2CCCc3ccccc32)c1NC(=O)CNC(=O)[C@@H](N)C(C)C. The highest BCUT2D eigenvalue weighted by atomic mass is 16.2. The molecule has 4 N–H and O–H groups in total. The van der Waals surface area contributed by atoms with Gasteiger partial charge in [0.15, 0.2) is 0 Å². The van der Waals surface area contributed by atoms with E-state index in [0.717, 1.165) is 24.8 Å². The molecule has 1 aliphatic carbocycles. The molecule has 0 aliphatic heterocycles. The summed E-state index contributed by atoms with van der Waals surface area (Å²) in [6, 6.07) is 7.86. The van der Waals surface area contributed by atoms with E-state index < -0.39 is 6.04 Å². The molecule has 7 nitrogen and oxygen atoms in total. The number of fused-ring (bicyclic) bond motifs is 1. The fraction of sp³-hybridized carbons (Fsp3) is 0.476. The maximum atomic E-state index is 12.4. The third-order valence-electron chi connectivity index (χ3n) is 5.31. The monoisotopic (exact) mass is 383 g/mol. The largest absolute Gasteiger partial charge is 0.346 e. The molecule has 0 fully saturated rings. The molecular formula is C21H29N5O2. The van der Waals surface area contributed by atoms with Crippen LogP contribution < -0.4 is 16.4 Å². The number of anilines is 1. The fourth-order valence-corrected chi connectivity index (χ4v) is 3.59. The van der Waals surface area contributed by atoms with Crippen LogP contribution in [0.15, 0.2) is 30.5 Å². The van der Waals surface area contributed by atoms with Crippen LogP contribution in [0, 0.1) is 12.8 Å². The molecular weight excluding hydrogens is 354 g/mol. The van der Waals surface area contributed by atoms with Crippen molar-refractivity contribution in [2.24, 2.45) is 11.7 Å². The summed E-state index contributed by atoms with van der Waals surface area (Å²) in [5.74, 6) is 0.0713. The lowest BCUT2D eigenvalue weighted by atomic mass is 9.88. The number of rotatable bonds is 6. The molecule has 1 aliphatic rings. The molecule has 1 unspecified atom stereocenters. The maximum absolute atomic E-state index is 12.4. The second-order valence-corrected chi connectivity index (χ2v) is 7.76. The molecule has 0 bridgehead atoms. The van der Waals surface area contributed by atoms with Gasteiger partial charge in [-0.1, -0.05) is 38.1 Å². The van der Waals surface area contributed by atoms with Gasteiger partial charge in [0.05, 0.1) is 24.8 Å². The highest BCUT2D eigenvalue weighted by Crippen LogP contribution is 2.35. The third kappa shape index (κ3) is 4.25. The van der Waals surface area contributed by atoms with Crippen LogP contribution in [0.2, 0.25) is 0 Å². The lowest BCUT2D eigenvalue weighted by Crippen LogP contribution is -2.46. The summed E-state index contributed by atoms with van der Waals surface area (Å²) in [6.07, 6.45) is 4.88. The van der Waals surface area contributed by atoms with Crippen LogP contribution in [0.25, 0.3) is 0 Å². The Morgan fingerprint density at radius 2 is 2.07 bits per heavy atom. The van der Waals surface area contributed by atoms with Gasteiger partial charge in [-0.05, 0) is 43.2 Å². The van der Waals surface area contributed by atoms with Gasteiger partial charge >= 0.3 is 0 Å². The van der Waals surface area contributed by atoms with Gasteiger partial charge in [-0.2, -0.15) is 5.10 Å². The van der Waals surface area contributed by atoms with E-state index >= 15 is 0 Å². The summed E-state index contributed by atoms with van der Waals surface area (Å²) in [4.78, 5) is 24.4. The van der Waals surface area contributed by atoms with Crippen molar-refractivity contribution in [1.82, 2.24) is 15.1 Å². The highest BCUT2D eigenvalue weighted by molar-refractivity contribution is 5.95. The minimum absolute atomic E-state index is 0.0121. The molecule has 7 heteroatoms. The molecule has 1 heterocycles. The van der Waals surface area contributed by atoms with Gasteiger partial charge < -0.3 is 16.4 Å². The fourth-order valence-electron chi connectivity index (χ4n) is 3.59. The van der Waals surface area contributed by atoms with Crippen molar-refractivity contribution < 1.29 is 9.59 Å². The van der Waals surface area contributed by atoms with Crippen LogP contribution in [0.1, 0.15) is 49.4 Å². The average Bonchev–Trinajstić information content (AvgIpc) is 3.05. The van der Waals surface area contributed by atoms with Gasteiger partial charge in [0.25, 0.3) is 0 Å². The van der Waals surface area contributed by atoms with E-state index in [2.05, 4.69) is 33.9 Å². The van der Waals surface area contributed by atoms with Gasteiger partial charge in [0.1, 0.15) is 5.82 Å². The summed E-state index contributed by atoms with van der Waals surface area (Å²) < 4.78 is 1.90. The Morgan fingerprint density at radius 3 is 2.82 bits per heavy atom. The minimum atomic E-state index is -0.626. The molecule has 1 aromatic carbocycles. The van der Waals surface area contributed by atoms with Crippen LogP contribution in [0.3, 0.4) is 0 Å². The zero-order chi connectivity index (χ0) is 20.3. The van der Waals surface area contributed by atoms with Gasteiger partial charge in [-0.15, -0.1) is 0 Å². The van der Waals surface area contributed by atoms with Crippen molar-refractivity contribution in [3.8, 4) is 0 Å². The molecule has 150 valence electrons. The van der Waals surface area contributed by atoms with Gasteiger partial charge in [-0.25, -0.2) is 4.68 Å². The molecule has 0 radical (unpaired) electrons. The molecule has 2 amide bonds. The summed E-state index contributed by atoms with van der Waals surface area (Å²) in [5, 5.41) is 10.1. The molecule has 2 atom stereocenters. The number of hydrogen-bond donors (Lipinski definition) is 3. The summed E-state index contributed by atoms with van der Waals surface area (Å²) in [5.41, 5.74) is 9.29. The van der Waals surface area contributed by atoms with E-state index in [1.54, 1.807) is 6.20 Å². The smallest absolute Gasteiger partial charge is 0.244 e. The summed E-state index contributed by atoms with van der Waals surface area (Å²) in [6.45, 7) is 5.54. The van der Waals surface area contributed by atoms with E-state index in [-0.39, 0.29) is 30.3 Å². The molecule has 0 saturated heterocycles. The Morgan fingerprint density at radius 1 is 1.32 bits per heavy atom. The Bertz CT molecular complexity index is 858. The maximum Gasteiger partial charge on any atom is 0.244 e.